The topological polar surface area (TPSA) is 101 Å². The first kappa shape index (κ1) is 22.3. The highest BCUT2D eigenvalue weighted by Gasteiger charge is 2.30. The first-order valence-corrected chi connectivity index (χ1v) is 12.0. The van der Waals surface area contributed by atoms with Crippen LogP contribution in [0.5, 0.6) is 0 Å². The van der Waals surface area contributed by atoms with Gasteiger partial charge in [-0.25, -0.2) is 13.1 Å². The third-order valence-electron chi connectivity index (χ3n) is 5.11. The van der Waals surface area contributed by atoms with Crippen molar-refractivity contribution < 1.29 is 17.7 Å². The van der Waals surface area contributed by atoms with E-state index >= 15 is 0 Å². The van der Waals surface area contributed by atoms with Gasteiger partial charge >= 0.3 is 0 Å². The zero-order chi connectivity index (χ0) is 22.7. The minimum Gasteiger partial charge on any atom is -0.354 e. The van der Waals surface area contributed by atoms with Gasteiger partial charge in [-0.1, -0.05) is 53.2 Å². The Labute approximate surface area is 191 Å². The molecule has 0 spiro atoms. The van der Waals surface area contributed by atoms with Crippen LogP contribution in [0.25, 0.3) is 12.2 Å². The van der Waals surface area contributed by atoms with Crippen molar-refractivity contribution in [2.45, 2.75) is 31.2 Å². The number of sulfonamides is 1. The van der Waals surface area contributed by atoms with E-state index in [0.717, 1.165) is 18.4 Å². The molecule has 0 radical (unpaired) electrons. The fraction of sp³-hybridized carbons (Fsp3) is 0.217. The van der Waals surface area contributed by atoms with E-state index in [1.807, 2.05) is 0 Å². The highest BCUT2D eigenvalue weighted by molar-refractivity contribution is 7.89. The molecule has 0 saturated heterocycles. The Morgan fingerprint density at radius 3 is 2.56 bits per heavy atom. The number of nitrogens with zero attached hydrogens (tertiary/aromatic N) is 1. The van der Waals surface area contributed by atoms with E-state index in [1.54, 1.807) is 55.5 Å². The first-order chi connectivity index (χ1) is 15.3. The van der Waals surface area contributed by atoms with Crippen LogP contribution < -0.4 is 10.0 Å². The van der Waals surface area contributed by atoms with Gasteiger partial charge in [-0.05, 0) is 55.2 Å². The first-order valence-electron chi connectivity index (χ1n) is 10.1. The van der Waals surface area contributed by atoms with Crippen molar-refractivity contribution in [3.63, 3.8) is 0 Å². The Morgan fingerprint density at radius 1 is 1.16 bits per heavy atom. The van der Waals surface area contributed by atoms with Gasteiger partial charge in [0.05, 0.1) is 4.90 Å². The summed E-state index contributed by atoms with van der Waals surface area (Å²) in [5, 5.41) is 7.30. The third-order valence-corrected chi connectivity index (χ3v) is 6.90. The van der Waals surface area contributed by atoms with Crippen molar-refractivity contribution in [1.82, 2.24) is 9.88 Å². The van der Waals surface area contributed by atoms with Crippen LogP contribution in [0, 0.1) is 12.8 Å². The van der Waals surface area contributed by atoms with Crippen LogP contribution in [0.4, 0.5) is 5.69 Å². The molecule has 1 saturated carbocycles. The van der Waals surface area contributed by atoms with Gasteiger partial charge in [0, 0.05) is 17.5 Å². The molecule has 9 heteroatoms. The van der Waals surface area contributed by atoms with Crippen molar-refractivity contribution in [1.29, 1.82) is 0 Å². The fourth-order valence-electron chi connectivity index (χ4n) is 3.05. The monoisotopic (exact) mass is 471 g/mol. The molecule has 4 rings (SSSR count). The summed E-state index contributed by atoms with van der Waals surface area (Å²) in [5.41, 5.74) is 2.62. The van der Waals surface area contributed by atoms with E-state index in [0.29, 0.717) is 27.7 Å². The Bertz CT molecular complexity index is 1260. The molecule has 0 atom stereocenters. The lowest BCUT2D eigenvalue weighted by atomic mass is 10.2. The number of hydrogen-bond acceptors (Lipinski definition) is 5. The smallest absolute Gasteiger partial charge is 0.240 e. The van der Waals surface area contributed by atoms with Crippen molar-refractivity contribution >= 4 is 45.4 Å². The van der Waals surface area contributed by atoms with Crippen LogP contribution in [0.1, 0.15) is 35.4 Å². The van der Waals surface area contributed by atoms with Crippen LogP contribution in [-0.2, 0) is 21.4 Å². The number of halogens is 1. The second-order valence-electron chi connectivity index (χ2n) is 7.59. The molecular formula is C23H22ClN3O4S. The largest absolute Gasteiger partial charge is 0.354 e. The molecule has 1 aliphatic carbocycles. The SMILES string of the molecule is Cc1noc(/C=C\c2ccc(S(=O)(=O)NCc3ccccc3Cl)cc2)c1NC(=O)C1CC1. The standard InChI is InChI=1S/C23H22ClN3O4S/c1-15-22(26-23(28)17-9-10-17)21(31-27-15)13-8-16-6-11-19(12-7-16)32(29,30)25-14-18-4-2-3-5-20(18)24/h2-8,11-13,17,25H,9-10,14H2,1H3,(H,26,28)/b13-8-. The van der Waals surface area contributed by atoms with Crippen molar-refractivity contribution in [3.05, 3.63) is 76.1 Å². The molecule has 0 unspecified atom stereocenters. The molecule has 2 aromatic carbocycles. The number of hydrogen-bond donors (Lipinski definition) is 2. The van der Waals surface area contributed by atoms with Gasteiger partial charge in [-0.2, -0.15) is 0 Å². The molecule has 3 aromatic rings. The van der Waals surface area contributed by atoms with Crippen molar-refractivity contribution in [3.8, 4) is 0 Å². The van der Waals surface area contributed by atoms with Crippen LogP contribution in [-0.4, -0.2) is 19.5 Å². The number of carbonyl (C=O) groups excluding carboxylic acids is 1. The van der Waals surface area contributed by atoms with Gasteiger partial charge in [0.15, 0.2) is 5.76 Å². The van der Waals surface area contributed by atoms with Gasteiger partial charge in [0.1, 0.15) is 11.4 Å². The van der Waals surface area contributed by atoms with E-state index < -0.39 is 10.0 Å². The Hall–Kier alpha value is -2.94. The molecule has 0 bridgehead atoms. The summed E-state index contributed by atoms with van der Waals surface area (Å²) in [5.74, 6) is 0.488. The molecule has 1 heterocycles. The average molecular weight is 472 g/mol. The van der Waals surface area contributed by atoms with Crippen LogP contribution >= 0.6 is 11.6 Å². The maximum atomic E-state index is 12.6. The summed E-state index contributed by atoms with van der Waals surface area (Å²) in [7, 11) is -3.69. The van der Waals surface area contributed by atoms with Gasteiger partial charge in [-0.15, -0.1) is 0 Å². The minimum absolute atomic E-state index is 0.0233. The van der Waals surface area contributed by atoms with E-state index in [1.165, 1.54) is 12.1 Å². The molecular weight excluding hydrogens is 450 g/mol. The van der Waals surface area contributed by atoms with Crippen molar-refractivity contribution in [2.24, 2.45) is 5.92 Å². The number of aryl methyl sites for hydroxylation is 1. The molecule has 1 aromatic heterocycles. The normalized spacial score (nSPS) is 14.1. The number of nitrogens with one attached hydrogen (secondary N) is 2. The molecule has 32 heavy (non-hydrogen) atoms. The lowest BCUT2D eigenvalue weighted by Gasteiger charge is -2.08. The summed E-state index contributed by atoms with van der Waals surface area (Å²) < 4.78 is 33.0. The van der Waals surface area contributed by atoms with Crippen molar-refractivity contribution in [2.75, 3.05) is 5.32 Å². The van der Waals surface area contributed by atoms with E-state index in [9.17, 15) is 13.2 Å². The molecule has 1 fully saturated rings. The highest BCUT2D eigenvalue weighted by atomic mass is 35.5. The van der Waals surface area contributed by atoms with Gasteiger partial charge in [-0.3, -0.25) is 4.79 Å². The van der Waals surface area contributed by atoms with Gasteiger partial charge < -0.3 is 9.84 Å². The number of anilines is 1. The van der Waals surface area contributed by atoms with E-state index in [2.05, 4.69) is 15.2 Å². The second-order valence-corrected chi connectivity index (χ2v) is 9.76. The molecule has 7 nitrogen and oxygen atoms in total. The van der Waals surface area contributed by atoms with Crippen LogP contribution in [0.15, 0.2) is 57.9 Å². The number of rotatable bonds is 8. The van der Waals surface area contributed by atoms with Gasteiger partial charge in [0.2, 0.25) is 15.9 Å². The number of amides is 1. The predicted molar refractivity (Wildman–Crippen MR) is 123 cm³/mol. The Morgan fingerprint density at radius 2 is 1.88 bits per heavy atom. The zero-order valence-electron chi connectivity index (χ0n) is 17.3. The quantitative estimate of drug-likeness (QED) is 0.498. The Kier molecular flexibility index (Phi) is 6.45. The molecule has 1 amide bonds. The lowest BCUT2D eigenvalue weighted by molar-refractivity contribution is -0.117. The van der Waals surface area contributed by atoms with E-state index in [-0.39, 0.29) is 23.3 Å². The van der Waals surface area contributed by atoms with Gasteiger partial charge in [0.25, 0.3) is 0 Å². The number of aromatic nitrogens is 1. The molecule has 0 aliphatic heterocycles. The number of carbonyl (C=O) groups is 1. The molecule has 1 aliphatic rings. The lowest BCUT2D eigenvalue weighted by Crippen LogP contribution is -2.23. The number of benzene rings is 2. The Balaban J connectivity index is 1.43. The predicted octanol–water partition coefficient (Wildman–Crippen LogP) is 4.63. The van der Waals surface area contributed by atoms with E-state index in [4.69, 9.17) is 16.1 Å². The summed E-state index contributed by atoms with van der Waals surface area (Å²) in [6, 6.07) is 13.5. The highest BCUT2D eigenvalue weighted by Crippen LogP contribution is 2.32. The maximum Gasteiger partial charge on any atom is 0.240 e. The summed E-state index contributed by atoms with van der Waals surface area (Å²) >= 11 is 6.09. The summed E-state index contributed by atoms with van der Waals surface area (Å²) in [4.78, 5) is 12.2. The molecule has 166 valence electrons. The fourth-order valence-corrected chi connectivity index (χ4v) is 4.26. The van der Waals surface area contributed by atoms with Crippen LogP contribution in [0.3, 0.4) is 0 Å². The second kappa shape index (κ2) is 9.28. The average Bonchev–Trinajstić information content (AvgIpc) is 3.58. The maximum absolute atomic E-state index is 12.6. The minimum atomic E-state index is -3.69. The van der Waals surface area contributed by atoms with Crippen LogP contribution in [0.2, 0.25) is 5.02 Å². The zero-order valence-corrected chi connectivity index (χ0v) is 18.9. The summed E-state index contributed by atoms with van der Waals surface area (Å²) in [6.07, 6.45) is 5.27. The summed E-state index contributed by atoms with van der Waals surface area (Å²) in [6.45, 7) is 1.86. The molecule has 2 N–H and O–H groups in total. The third kappa shape index (κ3) is 5.27.